The van der Waals surface area contributed by atoms with Crippen LogP contribution in [0.3, 0.4) is 0 Å². The van der Waals surface area contributed by atoms with Crippen LogP contribution in [-0.4, -0.2) is 13.6 Å². The molecule has 0 aromatic rings. The number of rotatable bonds is 0. The Morgan fingerprint density at radius 2 is 1.88 bits per heavy atom. The van der Waals surface area contributed by atoms with E-state index in [0.717, 1.165) is 3.92 Å². The lowest BCUT2D eigenvalue weighted by Crippen LogP contribution is -2.12. The molecule has 1 aliphatic rings. The zero-order valence-electron chi connectivity index (χ0n) is 4.28. The van der Waals surface area contributed by atoms with Crippen molar-refractivity contribution < 1.29 is 0 Å². The predicted octanol–water partition coefficient (Wildman–Crippen LogP) is 3.11. The van der Waals surface area contributed by atoms with Crippen molar-refractivity contribution in [3.05, 3.63) is 0 Å². The smallest absolute Gasteiger partial charge is 0.0388 e. The van der Waals surface area contributed by atoms with Gasteiger partial charge in [0.1, 0.15) is 0 Å². The standard InChI is InChI=1S/C5H7Br2I/c6-3-1-2-4(8)5(3)7/h3-5H,1-2H2. The van der Waals surface area contributed by atoms with E-state index in [-0.39, 0.29) is 0 Å². The molecule has 1 fully saturated rings. The lowest BCUT2D eigenvalue weighted by atomic mass is 10.4. The van der Waals surface area contributed by atoms with Crippen LogP contribution >= 0.6 is 54.5 Å². The van der Waals surface area contributed by atoms with Crippen molar-refractivity contribution in [1.82, 2.24) is 0 Å². The van der Waals surface area contributed by atoms with Crippen LogP contribution in [-0.2, 0) is 0 Å². The van der Waals surface area contributed by atoms with Crippen LogP contribution in [0.5, 0.6) is 0 Å². The zero-order chi connectivity index (χ0) is 6.15. The average molecular weight is 354 g/mol. The quantitative estimate of drug-likeness (QED) is 0.464. The summed E-state index contributed by atoms with van der Waals surface area (Å²) in [5.74, 6) is 0. The fourth-order valence-corrected chi connectivity index (χ4v) is 3.46. The molecule has 1 saturated carbocycles. The molecule has 0 N–H and O–H groups in total. The van der Waals surface area contributed by atoms with E-state index in [2.05, 4.69) is 54.5 Å². The summed E-state index contributed by atoms with van der Waals surface area (Å²) in [5.41, 5.74) is 0. The Morgan fingerprint density at radius 1 is 1.25 bits per heavy atom. The van der Waals surface area contributed by atoms with Gasteiger partial charge in [-0.05, 0) is 12.8 Å². The van der Waals surface area contributed by atoms with Gasteiger partial charge in [0.25, 0.3) is 0 Å². The van der Waals surface area contributed by atoms with E-state index in [9.17, 15) is 0 Å². The molecule has 3 heteroatoms. The molecule has 0 aromatic carbocycles. The Bertz CT molecular complexity index is 76.5. The Morgan fingerprint density at radius 3 is 2.00 bits per heavy atom. The van der Waals surface area contributed by atoms with E-state index in [0.29, 0.717) is 9.65 Å². The molecule has 1 rings (SSSR count). The number of halogens is 3. The molecule has 0 amide bonds. The van der Waals surface area contributed by atoms with Crippen molar-refractivity contribution in [3.63, 3.8) is 0 Å². The molecule has 3 unspecified atom stereocenters. The van der Waals surface area contributed by atoms with Crippen LogP contribution in [0.2, 0.25) is 0 Å². The molecule has 0 aromatic heterocycles. The zero-order valence-corrected chi connectivity index (χ0v) is 9.61. The molecular weight excluding hydrogens is 347 g/mol. The molecule has 0 radical (unpaired) electrons. The van der Waals surface area contributed by atoms with Crippen molar-refractivity contribution >= 4 is 54.5 Å². The van der Waals surface area contributed by atoms with Crippen molar-refractivity contribution in [2.24, 2.45) is 0 Å². The predicted molar refractivity (Wildman–Crippen MR) is 52.5 cm³/mol. The van der Waals surface area contributed by atoms with Crippen LogP contribution in [0, 0.1) is 0 Å². The molecule has 8 heavy (non-hydrogen) atoms. The maximum Gasteiger partial charge on any atom is 0.0388 e. The molecule has 0 bridgehead atoms. The molecule has 0 spiro atoms. The first-order chi connectivity index (χ1) is 3.72. The molecule has 3 atom stereocenters. The summed E-state index contributed by atoms with van der Waals surface area (Å²) < 4.78 is 0.831. The second-order valence-electron chi connectivity index (χ2n) is 2.05. The van der Waals surface area contributed by atoms with E-state index in [1.54, 1.807) is 0 Å². The summed E-state index contributed by atoms with van der Waals surface area (Å²) in [7, 11) is 0. The molecule has 48 valence electrons. The number of alkyl halides is 3. The Kier molecular flexibility index (Phi) is 3.11. The van der Waals surface area contributed by atoms with Gasteiger partial charge in [-0.2, -0.15) is 0 Å². The van der Waals surface area contributed by atoms with Crippen LogP contribution in [0.4, 0.5) is 0 Å². The third-order valence-electron chi connectivity index (χ3n) is 1.41. The van der Waals surface area contributed by atoms with Crippen LogP contribution < -0.4 is 0 Å². The number of hydrogen-bond acceptors (Lipinski definition) is 0. The summed E-state index contributed by atoms with van der Waals surface area (Å²) >= 11 is 9.70. The maximum atomic E-state index is 3.61. The van der Waals surface area contributed by atoms with E-state index >= 15 is 0 Å². The van der Waals surface area contributed by atoms with Crippen LogP contribution in [0.1, 0.15) is 12.8 Å². The van der Waals surface area contributed by atoms with E-state index in [4.69, 9.17) is 0 Å². The van der Waals surface area contributed by atoms with Crippen molar-refractivity contribution in [2.45, 2.75) is 26.4 Å². The van der Waals surface area contributed by atoms with Gasteiger partial charge < -0.3 is 0 Å². The van der Waals surface area contributed by atoms with Gasteiger partial charge in [-0.1, -0.05) is 54.5 Å². The minimum Gasteiger partial charge on any atom is -0.0878 e. The molecule has 1 aliphatic carbocycles. The molecule has 0 heterocycles. The SMILES string of the molecule is BrC1CCC(I)C1Br. The lowest BCUT2D eigenvalue weighted by Gasteiger charge is -2.06. The van der Waals surface area contributed by atoms with Gasteiger partial charge in [0.15, 0.2) is 0 Å². The highest BCUT2D eigenvalue weighted by molar-refractivity contribution is 14.1. The second-order valence-corrected chi connectivity index (χ2v) is 5.89. The summed E-state index contributed by atoms with van der Waals surface area (Å²) in [6, 6.07) is 0. The van der Waals surface area contributed by atoms with Gasteiger partial charge in [0.2, 0.25) is 0 Å². The van der Waals surface area contributed by atoms with Crippen molar-refractivity contribution in [2.75, 3.05) is 0 Å². The van der Waals surface area contributed by atoms with Crippen molar-refractivity contribution in [3.8, 4) is 0 Å². The van der Waals surface area contributed by atoms with Gasteiger partial charge >= 0.3 is 0 Å². The molecule has 0 aliphatic heterocycles. The minimum atomic E-state index is 0.697. The Balaban J connectivity index is 2.44. The first-order valence-corrected chi connectivity index (χ1v) is 5.71. The first kappa shape index (κ1) is 7.79. The lowest BCUT2D eigenvalue weighted by molar-refractivity contribution is 0.918. The number of hydrogen-bond donors (Lipinski definition) is 0. The monoisotopic (exact) mass is 352 g/mol. The Hall–Kier alpha value is 1.69. The van der Waals surface area contributed by atoms with Gasteiger partial charge in [0.05, 0.1) is 0 Å². The van der Waals surface area contributed by atoms with Crippen LogP contribution in [0.25, 0.3) is 0 Å². The van der Waals surface area contributed by atoms with E-state index in [1.807, 2.05) is 0 Å². The molecular formula is C5H7Br2I. The summed E-state index contributed by atoms with van der Waals surface area (Å²) in [6.45, 7) is 0. The van der Waals surface area contributed by atoms with E-state index in [1.165, 1.54) is 12.8 Å². The van der Waals surface area contributed by atoms with Crippen LogP contribution in [0.15, 0.2) is 0 Å². The van der Waals surface area contributed by atoms with Gasteiger partial charge in [0, 0.05) is 13.6 Å². The summed E-state index contributed by atoms with van der Waals surface area (Å²) in [5, 5.41) is 0. The van der Waals surface area contributed by atoms with Gasteiger partial charge in [-0.3, -0.25) is 0 Å². The second kappa shape index (κ2) is 3.19. The fraction of sp³-hybridized carbons (Fsp3) is 1.00. The minimum absolute atomic E-state index is 0.697. The largest absolute Gasteiger partial charge is 0.0878 e. The third kappa shape index (κ3) is 1.59. The normalized spacial score (nSPS) is 47.6. The average Bonchev–Trinajstić information content (AvgIpc) is 1.98. The highest BCUT2D eigenvalue weighted by Gasteiger charge is 2.29. The van der Waals surface area contributed by atoms with Gasteiger partial charge in [-0.25, -0.2) is 0 Å². The first-order valence-electron chi connectivity index (χ1n) is 2.64. The summed E-state index contributed by atoms with van der Waals surface area (Å²) in [6.07, 6.45) is 2.68. The van der Waals surface area contributed by atoms with Gasteiger partial charge in [-0.15, -0.1) is 0 Å². The maximum absolute atomic E-state index is 3.61. The Labute approximate surface area is 80.2 Å². The highest BCUT2D eigenvalue weighted by Crippen LogP contribution is 2.36. The summed E-state index contributed by atoms with van der Waals surface area (Å²) in [4.78, 5) is 1.41. The fourth-order valence-electron chi connectivity index (χ4n) is 0.863. The molecule has 0 saturated heterocycles. The van der Waals surface area contributed by atoms with E-state index < -0.39 is 0 Å². The van der Waals surface area contributed by atoms with Crippen molar-refractivity contribution in [1.29, 1.82) is 0 Å². The molecule has 0 nitrogen and oxygen atoms in total. The highest BCUT2D eigenvalue weighted by atomic mass is 127. The topological polar surface area (TPSA) is 0 Å². The third-order valence-corrected chi connectivity index (χ3v) is 6.81.